The molecular formula is C15H28N2OS. The number of hydrogen-bond acceptors (Lipinski definition) is 3. The van der Waals surface area contributed by atoms with Crippen molar-refractivity contribution in [3.8, 4) is 0 Å². The van der Waals surface area contributed by atoms with Crippen LogP contribution in [-0.4, -0.2) is 29.5 Å². The number of thioether (sulfide) groups is 1. The Morgan fingerprint density at radius 3 is 2.68 bits per heavy atom. The molecule has 0 radical (unpaired) electrons. The molecular weight excluding hydrogens is 256 g/mol. The highest BCUT2D eigenvalue weighted by molar-refractivity contribution is 7.99. The summed E-state index contributed by atoms with van der Waals surface area (Å²) in [7, 11) is 0. The predicted molar refractivity (Wildman–Crippen MR) is 82.2 cm³/mol. The molecule has 0 aromatic rings. The van der Waals surface area contributed by atoms with Gasteiger partial charge in [0, 0.05) is 13.0 Å². The molecule has 2 rings (SSSR count). The molecule has 3 nitrogen and oxygen atoms in total. The number of rotatable bonds is 4. The highest BCUT2D eigenvalue weighted by Crippen LogP contribution is 2.33. The first-order valence-electron chi connectivity index (χ1n) is 7.75. The van der Waals surface area contributed by atoms with Gasteiger partial charge in [0.1, 0.15) is 0 Å². The lowest BCUT2D eigenvalue weighted by Gasteiger charge is -2.43. The Hall–Kier alpha value is -0.220. The van der Waals surface area contributed by atoms with Crippen LogP contribution in [0, 0.1) is 11.8 Å². The van der Waals surface area contributed by atoms with Crippen molar-refractivity contribution >= 4 is 17.7 Å². The third-order valence-corrected chi connectivity index (χ3v) is 6.07. The van der Waals surface area contributed by atoms with Crippen molar-refractivity contribution in [2.45, 2.75) is 57.4 Å². The molecule has 19 heavy (non-hydrogen) atoms. The maximum absolute atomic E-state index is 12.3. The predicted octanol–water partition coefficient (Wildman–Crippen LogP) is 2.54. The summed E-state index contributed by atoms with van der Waals surface area (Å²) in [6.45, 7) is 2.82. The van der Waals surface area contributed by atoms with Crippen molar-refractivity contribution in [2.75, 3.05) is 18.1 Å². The first-order valence-corrected chi connectivity index (χ1v) is 8.90. The Morgan fingerprint density at radius 2 is 2.05 bits per heavy atom. The topological polar surface area (TPSA) is 55.1 Å². The zero-order valence-corrected chi connectivity index (χ0v) is 12.9. The lowest BCUT2D eigenvalue weighted by Crippen LogP contribution is -2.59. The van der Waals surface area contributed by atoms with Gasteiger partial charge in [0.25, 0.3) is 0 Å². The van der Waals surface area contributed by atoms with Crippen LogP contribution >= 0.6 is 11.8 Å². The Kier molecular flexibility index (Phi) is 5.58. The van der Waals surface area contributed by atoms with Gasteiger partial charge in [-0.3, -0.25) is 4.79 Å². The van der Waals surface area contributed by atoms with E-state index in [1.165, 1.54) is 43.6 Å². The lowest BCUT2D eigenvalue weighted by atomic mass is 9.73. The summed E-state index contributed by atoms with van der Waals surface area (Å²) in [4.78, 5) is 12.3. The van der Waals surface area contributed by atoms with E-state index in [0.717, 1.165) is 6.42 Å². The van der Waals surface area contributed by atoms with Crippen molar-refractivity contribution in [2.24, 2.45) is 17.6 Å². The Bertz CT molecular complexity index is 305. The van der Waals surface area contributed by atoms with Gasteiger partial charge in [0.15, 0.2) is 0 Å². The number of nitrogens with two attached hydrogens (primary N) is 1. The number of carbonyl (C=O) groups is 1. The summed E-state index contributed by atoms with van der Waals surface area (Å²) in [5.74, 6) is 3.77. The van der Waals surface area contributed by atoms with Gasteiger partial charge in [0.2, 0.25) is 5.91 Å². The maximum atomic E-state index is 12.3. The average molecular weight is 284 g/mol. The molecule has 1 heterocycles. The molecule has 110 valence electrons. The van der Waals surface area contributed by atoms with E-state index in [1.807, 2.05) is 11.8 Å². The highest BCUT2D eigenvalue weighted by atomic mass is 32.2. The van der Waals surface area contributed by atoms with Crippen molar-refractivity contribution < 1.29 is 4.79 Å². The first kappa shape index (κ1) is 15.2. The highest BCUT2D eigenvalue weighted by Gasteiger charge is 2.38. The van der Waals surface area contributed by atoms with Gasteiger partial charge in [-0.2, -0.15) is 11.8 Å². The Morgan fingerprint density at radius 1 is 1.32 bits per heavy atom. The monoisotopic (exact) mass is 284 g/mol. The van der Waals surface area contributed by atoms with Crippen LogP contribution < -0.4 is 11.1 Å². The normalized spacial score (nSPS) is 33.1. The van der Waals surface area contributed by atoms with E-state index >= 15 is 0 Å². The fourth-order valence-corrected chi connectivity index (χ4v) is 4.70. The number of nitrogens with one attached hydrogen (secondary N) is 1. The van der Waals surface area contributed by atoms with Gasteiger partial charge in [-0.15, -0.1) is 0 Å². The van der Waals surface area contributed by atoms with E-state index in [2.05, 4.69) is 12.2 Å². The second-order valence-corrected chi connectivity index (χ2v) is 7.54. The summed E-state index contributed by atoms with van der Waals surface area (Å²) >= 11 is 2.01. The summed E-state index contributed by atoms with van der Waals surface area (Å²) in [5, 5.41) is 3.31. The molecule has 0 spiro atoms. The summed E-state index contributed by atoms with van der Waals surface area (Å²) in [5.41, 5.74) is 5.87. The van der Waals surface area contributed by atoms with Crippen LogP contribution in [-0.2, 0) is 4.79 Å². The quantitative estimate of drug-likeness (QED) is 0.834. The van der Waals surface area contributed by atoms with Crippen LogP contribution in [0.5, 0.6) is 0 Å². The zero-order valence-electron chi connectivity index (χ0n) is 12.1. The van der Waals surface area contributed by atoms with Crippen molar-refractivity contribution in [1.29, 1.82) is 0 Å². The minimum Gasteiger partial charge on any atom is -0.349 e. The van der Waals surface area contributed by atoms with E-state index in [9.17, 15) is 4.79 Å². The molecule has 1 aliphatic carbocycles. The minimum atomic E-state index is -0.126. The van der Waals surface area contributed by atoms with E-state index < -0.39 is 0 Å². The molecule has 4 heteroatoms. The number of amides is 1. The third-order valence-electron chi connectivity index (χ3n) is 5.02. The molecule has 2 aliphatic rings. The number of carbonyl (C=O) groups excluding carboxylic acids is 1. The van der Waals surface area contributed by atoms with Gasteiger partial charge in [-0.25, -0.2) is 0 Å². The molecule has 0 aromatic heterocycles. The van der Waals surface area contributed by atoms with Crippen LogP contribution in [0.25, 0.3) is 0 Å². The van der Waals surface area contributed by atoms with E-state index in [0.29, 0.717) is 24.8 Å². The molecule has 1 aliphatic heterocycles. The van der Waals surface area contributed by atoms with Gasteiger partial charge >= 0.3 is 0 Å². The van der Waals surface area contributed by atoms with Crippen LogP contribution in [0.1, 0.15) is 51.9 Å². The fraction of sp³-hybridized carbons (Fsp3) is 0.933. The van der Waals surface area contributed by atoms with Crippen molar-refractivity contribution in [3.05, 3.63) is 0 Å². The molecule has 1 saturated heterocycles. The molecule has 3 N–H and O–H groups in total. The largest absolute Gasteiger partial charge is 0.349 e. The first-order chi connectivity index (χ1) is 9.16. The van der Waals surface area contributed by atoms with E-state index in [4.69, 9.17) is 5.73 Å². The molecule has 0 bridgehead atoms. The molecule has 1 saturated carbocycles. The lowest BCUT2D eigenvalue weighted by molar-refractivity contribution is -0.125. The number of hydrogen-bond donors (Lipinski definition) is 2. The van der Waals surface area contributed by atoms with Gasteiger partial charge in [-0.1, -0.05) is 19.8 Å². The van der Waals surface area contributed by atoms with Gasteiger partial charge in [0.05, 0.1) is 5.54 Å². The molecule has 2 atom stereocenters. The smallest absolute Gasteiger partial charge is 0.220 e. The summed E-state index contributed by atoms with van der Waals surface area (Å²) in [6.07, 6.45) is 7.82. The van der Waals surface area contributed by atoms with Crippen LogP contribution in [0.2, 0.25) is 0 Å². The molecule has 0 aromatic carbocycles. The zero-order chi connectivity index (χ0) is 13.7. The third kappa shape index (κ3) is 3.88. The second-order valence-electron chi connectivity index (χ2n) is 6.32. The van der Waals surface area contributed by atoms with Crippen LogP contribution in [0.3, 0.4) is 0 Å². The summed E-state index contributed by atoms with van der Waals surface area (Å²) < 4.78 is 0. The maximum Gasteiger partial charge on any atom is 0.220 e. The summed E-state index contributed by atoms with van der Waals surface area (Å²) in [6, 6.07) is 0. The van der Waals surface area contributed by atoms with Gasteiger partial charge < -0.3 is 11.1 Å². The van der Waals surface area contributed by atoms with Crippen LogP contribution in [0.4, 0.5) is 0 Å². The standard InChI is InChI=1S/C15H28N2OS/c1-12-4-2-3-7-15(12,11-16)17-14(18)10-13-5-8-19-9-6-13/h12-13H,2-11,16H2,1H3,(H,17,18). The SMILES string of the molecule is CC1CCCCC1(CN)NC(=O)CC1CCSCC1. The fourth-order valence-electron chi connectivity index (χ4n) is 3.50. The van der Waals surface area contributed by atoms with Crippen molar-refractivity contribution in [1.82, 2.24) is 5.32 Å². The second kappa shape index (κ2) is 6.98. The molecule has 2 unspecified atom stereocenters. The van der Waals surface area contributed by atoms with E-state index in [-0.39, 0.29) is 11.4 Å². The van der Waals surface area contributed by atoms with Gasteiger partial charge in [-0.05, 0) is 49.0 Å². The van der Waals surface area contributed by atoms with Crippen LogP contribution in [0.15, 0.2) is 0 Å². The van der Waals surface area contributed by atoms with E-state index in [1.54, 1.807) is 0 Å². The molecule has 2 fully saturated rings. The molecule has 1 amide bonds. The Balaban J connectivity index is 1.88. The minimum absolute atomic E-state index is 0.126. The Labute approximate surface area is 121 Å². The van der Waals surface area contributed by atoms with Crippen molar-refractivity contribution in [3.63, 3.8) is 0 Å². The average Bonchev–Trinajstić information content (AvgIpc) is 2.42.